The molecular weight excluding hydrogens is 271 g/mol. The summed E-state index contributed by atoms with van der Waals surface area (Å²) in [6.07, 6.45) is 1.47. The van der Waals surface area contributed by atoms with E-state index >= 15 is 0 Å². The molecule has 0 bridgehead atoms. The van der Waals surface area contributed by atoms with Crippen molar-refractivity contribution >= 4 is 15.7 Å². The van der Waals surface area contributed by atoms with Gasteiger partial charge in [-0.2, -0.15) is 10.2 Å². The van der Waals surface area contributed by atoms with Gasteiger partial charge in [0.1, 0.15) is 10.7 Å². The third kappa shape index (κ3) is 3.24. The van der Waals surface area contributed by atoms with Crippen LogP contribution in [0.2, 0.25) is 0 Å². The molecule has 0 aliphatic carbocycles. The fourth-order valence-electron chi connectivity index (χ4n) is 1.41. The lowest BCUT2D eigenvalue weighted by Gasteiger charge is -2.07. The molecule has 1 aromatic carbocycles. The van der Waals surface area contributed by atoms with Gasteiger partial charge in [0.2, 0.25) is 10.0 Å². The van der Waals surface area contributed by atoms with Crippen LogP contribution in [0.5, 0.6) is 0 Å². The molecule has 1 heterocycles. The Morgan fingerprint density at radius 3 is 2.74 bits per heavy atom. The highest BCUT2D eigenvalue weighted by Gasteiger charge is 2.18. The molecule has 1 aromatic heterocycles. The lowest BCUT2D eigenvalue weighted by Crippen LogP contribution is -2.24. The summed E-state index contributed by atoms with van der Waals surface area (Å²) in [7, 11) is -3.95. The average Bonchev–Trinajstić information content (AvgIpc) is 2.37. The first kappa shape index (κ1) is 13.4. The van der Waals surface area contributed by atoms with E-state index in [4.69, 9.17) is 5.73 Å². The van der Waals surface area contributed by atoms with Gasteiger partial charge in [-0.15, -0.1) is 0 Å². The molecule has 0 aliphatic rings. The number of hydrogen-bond donors (Lipinski definition) is 2. The highest BCUT2D eigenvalue weighted by Crippen LogP contribution is 2.17. The third-order valence-electron chi connectivity index (χ3n) is 2.32. The minimum atomic E-state index is -3.95. The molecule has 3 N–H and O–H groups in total. The van der Waals surface area contributed by atoms with Gasteiger partial charge in [0.15, 0.2) is 0 Å². The fourth-order valence-corrected chi connectivity index (χ4v) is 2.47. The molecule has 0 saturated heterocycles. The third-order valence-corrected chi connectivity index (χ3v) is 3.75. The number of anilines is 1. The number of aromatic nitrogens is 2. The van der Waals surface area contributed by atoms with E-state index < -0.39 is 20.7 Å². The number of nitrogens with two attached hydrogens (primary N) is 1. The van der Waals surface area contributed by atoms with Crippen LogP contribution in [-0.4, -0.2) is 18.6 Å². The zero-order chi connectivity index (χ0) is 13.9. The fraction of sp³-hybridized carbons (Fsp3) is 0.0909. The monoisotopic (exact) mass is 282 g/mol. The van der Waals surface area contributed by atoms with Crippen molar-refractivity contribution in [3.05, 3.63) is 48.0 Å². The number of benzene rings is 1. The van der Waals surface area contributed by atoms with E-state index in [1.54, 1.807) is 12.1 Å². The van der Waals surface area contributed by atoms with Gasteiger partial charge in [-0.1, -0.05) is 0 Å². The van der Waals surface area contributed by atoms with Crippen molar-refractivity contribution in [2.75, 3.05) is 5.73 Å². The summed E-state index contributed by atoms with van der Waals surface area (Å²) < 4.78 is 39.6. The number of sulfonamides is 1. The quantitative estimate of drug-likeness (QED) is 0.803. The minimum Gasteiger partial charge on any atom is -0.399 e. The van der Waals surface area contributed by atoms with Gasteiger partial charge in [0, 0.05) is 11.9 Å². The van der Waals surface area contributed by atoms with E-state index in [-0.39, 0.29) is 12.2 Å². The SMILES string of the molecule is Nc1ccc(S(=O)(=O)NCc2cccnn2)c(F)c1. The van der Waals surface area contributed by atoms with Gasteiger partial charge < -0.3 is 5.73 Å². The van der Waals surface area contributed by atoms with Crippen molar-refractivity contribution < 1.29 is 12.8 Å². The average molecular weight is 282 g/mol. The summed E-state index contributed by atoms with van der Waals surface area (Å²) >= 11 is 0. The Morgan fingerprint density at radius 2 is 2.11 bits per heavy atom. The van der Waals surface area contributed by atoms with Crippen LogP contribution in [0.1, 0.15) is 5.69 Å². The number of hydrogen-bond acceptors (Lipinski definition) is 5. The Labute approximate surface area is 109 Å². The van der Waals surface area contributed by atoms with Crippen LogP contribution in [0.3, 0.4) is 0 Å². The van der Waals surface area contributed by atoms with E-state index in [9.17, 15) is 12.8 Å². The van der Waals surface area contributed by atoms with Crippen LogP contribution in [0.4, 0.5) is 10.1 Å². The Hall–Kier alpha value is -2.06. The lowest BCUT2D eigenvalue weighted by molar-refractivity contribution is 0.556. The molecule has 0 radical (unpaired) electrons. The number of nitrogen functional groups attached to an aromatic ring is 1. The zero-order valence-corrected chi connectivity index (χ0v) is 10.6. The molecule has 0 unspecified atom stereocenters. The highest BCUT2D eigenvalue weighted by atomic mass is 32.2. The predicted molar refractivity (Wildman–Crippen MR) is 66.9 cm³/mol. The van der Waals surface area contributed by atoms with E-state index in [0.29, 0.717) is 5.69 Å². The number of rotatable bonds is 4. The molecule has 0 fully saturated rings. The number of nitrogens with zero attached hydrogens (tertiary/aromatic N) is 2. The molecule has 2 aromatic rings. The minimum absolute atomic E-state index is 0.0695. The zero-order valence-electron chi connectivity index (χ0n) is 9.75. The second-order valence-corrected chi connectivity index (χ2v) is 5.46. The van der Waals surface area contributed by atoms with Crippen LogP contribution in [0.15, 0.2) is 41.4 Å². The van der Waals surface area contributed by atoms with Gasteiger partial charge in [-0.3, -0.25) is 0 Å². The first-order chi connectivity index (χ1) is 8.99. The molecule has 0 aliphatic heterocycles. The molecule has 0 saturated carbocycles. The largest absolute Gasteiger partial charge is 0.399 e. The highest BCUT2D eigenvalue weighted by molar-refractivity contribution is 7.89. The van der Waals surface area contributed by atoms with Crippen molar-refractivity contribution in [1.29, 1.82) is 0 Å². The first-order valence-corrected chi connectivity index (χ1v) is 6.78. The molecular formula is C11H11FN4O2S. The van der Waals surface area contributed by atoms with Crippen molar-refractivity contribution in [2.24, 2.45) is 0 Å². The second-order valence-electron chi connectivity index (χ2n) is 3.73. The maximum absolute atomic E-state index is 13.5. The van der Waals surface area contributed by atoms with E-state index in [1.165, 1.54) is 12.3 Å². The molecule has 19 heavy (non-hydrogen) atoms. The van der Waals surface area contributed by atoms with E-state index in [1.807, 2.05) is 0 Å². The molecule has 0 atom stereocenters. The van der Waals surface area contributed by atoms with Crippen LogP contribution in [0.25, 0.3) is 0 Å². The maximum Gasteiger partial charge on any atom is 0.243 e. The summed E-state index contributed by atoms with van der Waals surface area (Å²) in [5.74, 6) is -0.897. The molecule has 0 spiro atoms. The molecule has 0 amide bonds. The predicted octanol–water partition coefficient (Wildman–Crippen LogP) is 0.676. The topological polar surface area (TPSA) is 98.0 Å². The number of halogens is 1. The Morgan fingerprint density at radius 1 is 1.32 bits per heavy atom. The van der Waals surface area contributed by atoms with Crippen molar-refractivity contribution in [3.63, 3.8) is 0 Å². The number of nitrogens with one attached hydrogen (secondary N) is 1. The summed E-state index contributed by atoms with van der Waals surface area (Å²) in [6, 6.07) is 6.62. The standard InChI is InChI=1S/C11H11FN4O2S/c12-10-6-8(13)3-4-11(10)19(17,18)15-7-9-2-1-5-14-16-9/h1-6,15H,7,13H2. The van der Waals surface area contributed by atoms with Crippen molar-refractivity contribution in [1.82, 2.24) is 14.9 Å². The Kier molecular flexibility index (Phi) is 3.72. The maximum atomic E-state index is 13.5. The van der Waals surface area contributed by atoms with Crippen LogP contribution < -0.4 is 10.5 Å². The van der Waals surface area contributed by atoms with Crippen molar-refractivity contribution in [2.45, 2.75) is 11.4 Å². The molecule has 6 nitrogen and oxygen atoms in total. The summed E-state index contributed by atoms with van der Waals surface area (Å²) in [4.78, 5) is -0.453. The van der Waals surface area contributed by atoms with Crippen LogP contribution >= 0.6 is 0 Å². The first-order valence-electron chi connectivity index (χ1n) is 5.30. The van der Waals surface area contributed by atoms with Gasteiger partial charge >= 0.3 is 0 Å². The van der Waals surface area contributed by atoms with Crippen LogP contribution in [-0.2, 0) is 16.6 Å². The normalized spacial score (nSPS) is 11.4. The van der Waals surface area contributed by atoms with Crippen LogP contribution in [0, 0.1) is 5.82 Å². The molecule has 2 rings (SSSR count). The smallest absolute Gasteiger partial charge is 0.243 e. The molecule has 8 heteroatoms. The van der Waals surface area contributed by atoms with Gasteiger partial charge in [0.25, 0.3) is 0 Å². The Balaban J connectivity index is 2.19. The van der Waals surface area contributed by atoms with Gasteiger partial charge in [-0.25, -0.2) is 17.5 Å². The van der Waals surface area contributed by atoms with E-state index in [2.05, 4.69) is 14.9 Å². The summed E-state index contributed by atoms with van der Waals surface area (Å²) in [6.45, 7) is -0.0695. The van der Waals surface area contributed by atoms with Gasteiger partial charge in [-0.05, 0) is 30.3 Å². The summed E-state index contributed by atoms with van der Waals surface area (Å²) in [5, 5.41) is 7.33. The summed E-state index contributed by atoms with van der Waals surface area (Å²) in [5.41, 5.74) is 5.95. The Bertz CT molecular complexity index is 676. The molecule has 100 valence electrons. The van der Waals surface area contributed by atoms with Gasteiger partial charge in [0.05, 0.1) is 12.2 Å². The lowest BCUT2D eigenvalue weighted by atomic mass is 10.3. The van der Waals surface area contributed by atoms with E-state index in [0.717, 1.165) is 12.1 Å². The second kappa shape index (κ2) is 5.29. The van der Waals surface area contributed by atoms with Crippen molar-refractivity contribution in [3.8, 4) is 0 Å².